The molecule has 0 spiro atoms. The predicted molar refractivity (Wildman–Crippen MR) is 176 cm³/mol. The van der Waals surface area contributed by atoms with Crippen LogP contribution >= 0.6 is 11.6 Å². The van der Waals surface area contributed by atoms with E-state index >= 15 is 0 Å². The number of rotatable bonds is 12. The molecule has 0 saturated heterocycles. The summed E-state index contributed by atoms with van der Waals surface area (Å²) in [5.41, 5.74) is 6.48. The van der Waals surface area contributed by atoms with Gasteiger partial charge in [-0.05, 0) is 147 Å². The summed E-state index contributed by atoms with van der Waals surface area (Å²) in [6.07, 6.45) is 13.7. The van der Waals surface area contributed by atoms with Gasteiger partial charge in [0.2, 0.25) is 0 Å². The van der Waals surface area contributed by atoms with Crippen molar-refractivity contribution in [1.82, 2.24) is 4.72 Å². The van der Waals surface area contributed by atoms with Crippen LogP contribution in [0.3, 0.4) is 0 Å². The Kier molecular flexibility index (Phi) is 12.1. The number of benzene rings is 2. The molecular formula is C35H46ClNO5S. The Balaban J connectivity index is 1.57. The van der Waals surface area contributed by atoms with Crippen LogP contribution in [0.1, 0.15) is 96.3 Å². The third-order valence-electron chi connectivity index (χ3n) is 7.97. The molecule has 0 aromatic heterocycles. The summed E-state index contributed by atoms with van der Waals surface area (Å²) in [4.78, 5) is 12.5. The first-order chi connectivity index (χ1) is 20.2. The summed E-state index contributed by atoms with van der Waals surface area (Å²) in [5, 5.41) is 0.395. The van der Waals surface area contributed by atoms with Gasteiger partial charge in [0.25, 0.3) is 10.0 Å². The number of aryl methyl sites for hydroxylation is 1. The Morgan fingerprint density at radius 2 is 1.58 bits per heavy atom. The molecule has 0 aliphatic carbocycles. The number of hydrogen-bond donors (Lipinski definition) is 1. The number of ether oxygens (including phenoxy) is 2. The van der Waals surface area contributed by atoms with Gasteiger partial charge in [-0.25, -0.2) is 17.9 Å². The summed E-state index contributed by atoms with van der Waals surface area (Å²) in [5.74, 6) is 1.13. The van der Waals surface area contributed by atoms with Crippen molar-refractivity contribution in [1.29, 1.82) is 0 Å². The molecule has 0 unspecified atom stereocenters. The zero-order chi connectivity index (χ0) is 31.8. The molecule has 43 heavy (non-hydrogen) atoms. The molecule has 1 amide bonds. The van der Waals surface area contributed by atoms with Gasteiger partial charge in [-0.2, -0.15) is 0 Å². The van der Waals surface area contributed by atoms with E-state index in [9.17, 15) is 13.2 Å². The van der Waals surface area contributed by atoms with E-state index in [0.717, 1.165) is 73.8 Å². The van der Waals surface area contributed by atoms with Crippen molar-refractivity contribution in [2.75, 3.05) is 0 Å². The second-order valence-electron chi connectivity index (χ2n) is 12.1. The van der Waals surface area contributed by atoms with Crippen molar-refractivity contribution in [3.63, 3.8) is 0 Å². The first-order valence-corrected chi connectivity index (χ1v) is 16.8. The summed E-state index contributed by atoms with van der Waals surface area (Å²) < 4.78 is 39.2. The first kappa shape index (κ1) is 34.5. The fourth-order valence-electron chi connectivity index (χ4n) is 5.10. The number of fused-ring (bicyclic) bond motifs is 1. The second-order valence-corrected chi connectivity index (χ2v) is 14.2. The molecule has 0 saturated carbocycles. The van der Waals surface area contributed by atoms with Crippen molar-refractivity contribution in [2.45, 2.75) is 110 Å². The Hall–Kier alpha value is -3.03. The molecule has 2 aromatic rings. The molecule has 0 fully saturated rings. The average Bonchev–Trinajstić information content (AvgIpc) is 2.92. The van der Waals surface area contributed by atoms with Gasteiger partial charge < -0.3 is 9.47 Å². The lowest BCUT2D eigenvalue weighted by Crippen LogP contribution is -2.37. The molecule has 6 nitrogen and oxygen atoms in total. The SMILES string of the molecule is CC(C)=CCCC(C)=CCCC(C)=CCC[C@]1(C)CCc2cc(OC(=O)NS(=O)(=O)c3ccc(Cl)cc3)c(C)c(C)c2O1. The highest BCUT2D eigenvalue weighted by Crippen LogP contribution is 2.42. The molecule has 0 radical (unpaired) electrons. The highest BCUT2D eigenvalue weighted by molar-refractivity contribution is 7.90. The minimum Gasteiger partial charge on any atom is -0.487 e. The lowest BCUT2D eigenvalue weighted by molar-refractivity contribution is 0.0560. The summed E-state index contributed by atoms with van der Waals surface area (Å²) >= 11 is 5.84. The second kappa shape index (κ2) is 15.1. The standard InChI is InChI=1S/C35H46ClNO5S/c1-24(2)11-8-12-25(3)13-9-14-26(4)15-10-21-35(7)22-20-29-23-32(27(5)28(6)33(29)42-35)41-34(38)37-43(39,40)31-18-16-30(36)17-19-31/h11,13,15-19,23H,8-10,12,14,20-22H2,1-7H3,(H,37,38)/t35-/m1/s1. The number of hydrogen-bond acceptors (Lipinski definition) is 5. The predicted octanol–water partition coefficient (Wildman–Crippen LogP) is 9.72. The number of carbonyl (C=O) groups excluding carboxylic acids is 1. The van der Waals surface area contributed by atoms with Gasteiger partial charge in [-0.1, -0.05) is 46.5 Å². The summed E-state index contributed by atoms with van der Waals surface area (Å²) in [6.45, 7) is 14.6. The van der Waals surface area contributed by atoms with Gasteiger partial charge in [-0.3, -0.25) is 0 Å². The van der Waals surface area contributed by atoms with Crippen LogP contribution in [0.25, 0.3) is 0 Å². The van der Waals surface area contributed by atoms with E-state index in [1.807, 2.05) is 18.6 Å². The fourth-order valence-corrected chi connectivity index (χ4v) is 6.10. The van der Waals surface area contributed by atoms with Gasteiger partial charge in [0.1, 0.15) is 17.1 Å². The van der Waals surface area contributed by atoms with E-state index in [1.165, 1.54) is 41.0 Å². The molecular weight excluding hydrogens is 582 g/mol. The van der Waals surface area contributed by atoms with E-state index in [-0.39, 0.29) is 10.5 Å². The number of nitrogens with one attached hydrogen (secondary N) is 1. The largest absolute Gasteiger partial charge is 0.487 e. The lowest BCUT2D eigenvalue weighted by Gasteiger charge is -2.37. The molecule has 0 bridgehead atoms. The molecule has 8 heteroatoms. The third-order valence-corrected chi connectivity index (χ3v) is 9.55. The minimum atomic E-state index is -4.10. The van der Waals surface area contributed by atoms with Crippen molar-refractivity contribution < 1.29 is 22.7 Å². The molecule has 1 aliphatic heterocycles. The normalized spacial score (nSPS) is 17.1. The van der Waals surface area contributed by atoms with Crippen LogP contribution in [-0.2, 0) is 16.4 Å². The van der Waals surface area contributed by atoms with Gasteiger partial charge in [0.15, 0.2) is 0 Å². The van der Waals surface area contributed by atoms with Crippen LogP contribution in [0.5, 0.6) is 11.5 Å². The van der Waals surface area contributed by atoms with E-state index < -0.39 is 16.1 Å². The smallest absolute Gasteiger partial charge is 0.426 e. The van der Waals surface area contributed by atoms with Crippen LogP contribution in [0.2, 0.25) is 5.02 Å². The number of halogens is 1. The number of carbonyl (C=O) groups is 1. The van der Waals surface area contributed by atoms with E-state index in [1.54, 1.807) is 6.07 Å². The topological polar surface area (TPSA) is 81.7 Å². The van der Waals surface area contributed by atoms with Crippen LogP contribution in [0.15, 0.2) is 70.2 Å². The zero-order valence-electron chi connectivity index (χ0n) is 26.6. The Morgan fingerprint density at radius 3 is 2.21 bits per heavy atom. The maximum absolute atomic E-state index is 12.6. The minimum absolute atomic E-state index is 0.0809. The van der Waals surface area contributed by atoms with Gasteiger partial charge in [0.05, 0.1) is 4.90 Å². The van der Waals surface area contributed by atoms with Crippen molar-refractivity contribution in [3.05, 3.63) is 87.0 Å². The number of allylic oxidation sites excluding steroid dienone is 6. The van der Waals surface area contributed by atoms with Gasteiger partial charge in [0, 0.05) is 5.02 Å². The molecule has 1 atom stereocenters. The lowest BCUT2D eigenvalue weighted by atomic mass is 9.86. The molecule has 1 N–H and O–H groups in total. The maximum Gasteiger partial charge on any atom is 0.426 e. The fraction of sp³-hybridized carbons (Fsp3) is 0.457. The molecule has 234 valence electrons. The van der Waals surface area contributed by atoms with Gasteiger partial charge in [-0.15, -0.1) is 0 Å². The highest BCUT2D eigenvalue weighted by atomic mass is 35.5. The molecule has 3 rings (SSSR count). The highest BCUT2D eigenvalue weighted by Gasteiger charge is 2.33. The quantitative estimate of drug-likeness (QED) is 0.237. The number of sulfonamides is 1. The molecule has 1 aliphatic rings. The Morgan fingerprint density at radius 1 is 0.977 bits per heavy atom. The Labute approximate surface area is 263 Å². The molecule has 2 aromatic carbocycles. The molecule has 1 heterocycles. The zero-order valence-corrected chi connectivity index (χ0v) is 28.2. The van der Waals surface area contributed by atoms with Crippen LogP contribution in [0.4, 0.5) is 4.79 Å². The van der Waals surface area contributed by atoms with Crippen molar-refractivity contribution in [3.8, 4) is 11.5 Å². The van der Waals surface area contributed by atoms with E-state index in [4.69, 9.17) is 21.1 Å². The average molecular weight is 628 g/mol. The van der Waals surface area contributed by atoms with E-state index in [2.05, 4.69) is 52.8 Å². The third kappa shape index (κ3) is 10.3. The van der Waals surface area contributed by atoms with Crippen LogP contribution in [0, 0.1) is 13.8 Å². The van der Waals surface area contributed by atoms with E-state index in [0.29, 0.717) is 10.8 Å². The van der Waals surface area contributed by atoms with Crippen LogP contribution < -0.4 is 14.2 Å². The first-order valence-electron chi connectivity index (χ1n) is 15.0. The van der Waals surface area contributed by atoms with Gasteiger partial charge >= 0.3 is 6.09 Å². The van der Waals surface area contributed by atoms with Crippen molar-refractivity contribution >= 4 is 27.7 Å². The van der Waals surface area contributed by atoms with Crippen molar-refractivity contribution in [2.24, 2.45) is 0 Å². The Bertz CT molecular complexity index is 1500. The maximum atomic E-state index is 12.6. The monoisotopic (exact) mass is 627 g/mol. The van der Waals surface area contributed by atoms with Crippen LogP contribution in [-0.4, -0.2) is 20.1 Å². The summed E-state index contributed by atoms with van der Waals surface area (Å²) in [6, 6.07) is 7.32. The summed E-state index contributed by atoms with van der Waals surface area (Å²) in [7, 11) is -4.10. The number of amides is 1.